The van der Waals surface area contributed by atoms with E-state index in [1.54, 1.807) is 0 Å². The summed E-state index contributed by atoms with van der Waals surface area (Å²) in [5, 5.41) is 0. The van der Waals surface area contributed by atoms with Crippen LogP contribution in [0.1, 0.15) is 18.9 Å². The van der Waals surface area contributed by atoms with E-state index < -0.39 is 11.7 Å². The Morgan fingerprint density at radius 1 is 1.40 bits per heavy atom. The summed E-state index contributed by atoms with van der Waals surface area (Å²) < 4.78 is 47.8. The van der Waals surface area contributed by atoms with Crippen LogP contribution in [0, 0.1) is 0 Å². The summed E-state index contributed by atoms with van der Waals surface area (Å²) in [4.78, 5) is 4.06. The van der Waals surface area contributed by atoms with Gasteiger partial charge in [-0.15, -0.1) is 0 Å². The lowest BCUT2D eigenvalue weighted by molar-refractivity contribution is -0.137. The molecule has 0 bridgehead atoms. The van der Waals surface area contributed by atoms with E-state index in [-0.39, 0.29) is 18.2 Å². The zero-order valence-corrected chi connectivity index (χ0v) is 10.9. The molecule has 1 aromatic carbocycles. The first-order chi connectivity index (χ1) is 9.34. The number of hydrogen-bond donors (Lipinski definition) is 1. The Kier molecular flexibility index (Phi) is 4.06. The molecule has 20 heavy (non-hydrogen) atoms. The summed E-state index contributed by atoms with van der Waals surface area (Å²) in [5.74, 6) is 0.390. The van der Waals surface area contributed by atoms with E-state index >= 15 is 0 Å². The molecule has 1 heterocycles. The van der Waals surface area contributed by atoms with Gasteiger partial charge < -0.3 is 15.2 Å². The molecule has 0 spiro atoms. The van der Waals surface area contributed by atoms with Gasteiger partial charge in [0.05, 0.1) is 17.7 Å². The van der Waals surface area contributed by atoms with E-state index in [0.29, 0.717) is 18.8 Å². The number of nitrogens with two attached hydrogens (primary N) is 1. The molecular formula is C13H15F3N2O2. The van der Waals surface area contributed by atoms with Crippen LogP contribution in [0.4, 0.5) is 13.2 Å². The number of hydrogen-bond acceptors (Lipinski definition) is 4. The zero-order valence-electron chi connectivity index (χ0n) is 10.9. The third-order valence-corrected chi connectivity index (χ3v) is 2.86. The summed E-state index contributed by atoms with van der Waals surface area (Å²) in [6.07, 6.45) is -3.95. The molecule has 2 rings (SSSR count). The van der Waals surface area contributed by atoms with Crippen molar-refractivity contribution in [3.8, 4) is 5.75 Å². The van der Waals surface area contributed by atoms with Crippen molar-refractivity contribution in [2.45, 2.75) is 31.7 Å². The number of benzene rings is 1. The van der Waals surface area contributed by atoms with Gasteiger partial charge in [-0.05, 0) is 31.2 Å². The van der Waals surface area contributed by atoms with Crippen molar-refractivity contribution in [1.29, 1.82) is 0 Å². The molecule has 1 aromatic rings. The molecule has 1 unspecified atom stereocenters. The number of nitrogens with zero attached hydrogens (tertiary/aromatic N) is 1. The van der Waals surface area contributed by atoms with Crippen LogP contribution >= 0.6 is 0 Å². The van der Waals surface area contributed by atoms with Gasteiger partial charge in [0.15, 0.2) is 0 Å². The first-order valence-electron chi connectivity index (χ1n) is 6.14. The Bertz CT molecular complexity index is 485. The number of halogens is 3. The predicted octanol–water partition coefficient (Wildman–Crippen LogP) is 2.58. The van der Waals surface area contributed by atoms with Crippen molar-refractivity contribution in [1.82, 2.24) is 0 Å². The minimum Gasteiger partial charge on any atom is -0.491 e. The number of rotatable bonds is 4. The average molecular weight is 288 g/mol. The first kappa shape index (κ1) is 14.5. The monoisotopic (exact) mass is 288 g/mol. The summed E-state index contributed by atoms with van der Waals surface area (Å²) in [6.45, 7) is 2.23. The van der Waals surface area contributed by atoms with E-state index in [0.717, 1.165) is 12.1 Å². The van der Waals surface area contributed by atoms with Gasteiger partial charge in [-0.2, -0.15) is 13.2 Å². The highest BCUT2D eigenvalue weighted by Gasteiger charge is 2.30. The summed E-state index contributed by atoms with van der Waals surface area (Å²) in [5.41, 5.74) is 4.70. The lowest BCUT2D eigenvalue weighted by Gasteiger charge is -2.16. The molecule has 0 radical (unpaired) electrons. The normalized spacial score (nSPS) is 20.2. The minimum atomic E-state index is -4.34. The molecule has 2 N–H and O–H groups in total. The maximum atomic E-state index is 12.4. The molecule has 0 amide bonds. The molecule has 1 aliphatic heterocycles. The van der Waals surface area contributed by atoms with Gasteiger partial charge >= 0.3 is 6.18 Å². The molecule has 110 valence electrons. The highest BCUT2D eigenvalue weighted by Crippen LogP contribution is 2.30. The Labute approximate surface area is 114 Å². The number of ether oxygens (including phenoxy) is 2. The Balaban J connectivity index is 1.90. The van der Waals surface area contributed by atoms with Gasteiger partial charge in [0.2, 0.25) is 0 Å². The van der Waals surface area contributed by atoms with Crippen LogP contribution in [0.25, 0.3) is 0 Å². The van der Waals surface area contributed by atoms with Gasteiger partial charge in [-0.25, -0.2) is 4.99 Å². The van der Waals surface area contributed by atoms with Crippen LogP contribution in [-0.4, -0.2) is 24.8 Å². The quantitative estimate of drug-likeness (QED) is 0.926. The van der Waals surface area contributed by atoms with Crippen LogP contribution in [-0.2, 0) is 10.9 Å². The van der Waals surface area contributed by atoms with Gasteiger partial charge in [-0.3, -0.25) is 0 Å². The van der Waals surface area contributed by atoms with Crippen molar-refractivity contribution in [3.63, 3.8) is 0 Å². The van der Waals surface area contributed by atoms with E-state index in [9.17, 15) is 13.2 Å². The highest BCUT2D eigenvalue weighted by atomic mass is 19.4. The standard InChI is InChI=1S/C13H15F3N2O2/c1-8(6-10-7-19-12(17)18-10)20-11-4-2-9(3-5-11)13(14,15)16/h2-5,8,10H,6-7H2,1H3,(H2,17,18)/t8-,10?/m0/s1. The van der Waals surface area contributed by atoms with Crippen molar-refractivity contribution in [2.24, 2.45) is 10.7 Å². The lowest BCUT2D eigenvalue weighted by atomic mass is 10.1. The zero-order chi connectivity index (χ0) is 14.8. The number of alkyl halides is 3. The third-order valence-electron chi connectivity index (χ3n) is 2.86. The van der Waals surface area contributed by atoms with Crippen molar-refractivity contribution >= 4 is 6.02 Å². The SMILES string of the molecule is C[C@@H](CC1COC(N)=N1)Oc1ccc(C(F)(F)F)cc1. The Morgan fingerprint density at radius 3 is 2.55 bits per heavy atom. The van der Waals surface area contributed by atoms with Gasteiger partial charge in [-0.1, -0.05) is 0 Å². The van der Waals surface area contributed by atoms with Crippen LogP contribution in [0.2, 0.25) is 0 Å². The fourth-order valence-electron chi connectivity index (χ4n) is 1.94. The van der Waals surface area contributed by atoms with Crippen LogP contribution in [0.3, 0.4) is 0 Å². The van der Waals surface area contributed by atoms with Crippen molar-refractivity contribution < 1.29 is 22.6 Å². The van der Waals surface area contributed by atoms with Crippen LogP contribution in [0.5, 0.6) is 5.75 Å². The van der Waals surface area contributed by atoms with Crippen molar-refractivity contribution in [2.75, 3.05) is 6.61 Å². The van der Waals surface area contributed by atoms with Gasteiger partial charge in [0.25, 0.3) is 6.02 Å². The third kappa shape index (κ3) is 3.79. The second kappa shape index (κ2) is 5.60. The van der Waals surface area contributed by atoms with E-state index in [4.69, 9.17) is 15.2 Å². The molecule has 1 aliphatic rings. The van der Waals surface area contributed by atoms with Crippen LogP contribution < -0.4 is 10.5 Å². The molecule has 0 aromatic heterocycles. The maximum absolute atomic E-state index is 12.4. The van der Waals surface area contributed by atoms with Gasteiger partial charge in [0, 0.05) is 6.42 Å². The van der Waals surface area contributed by atoms with E-state index in [1.807, 2.05) is 6.92 Å². The molecule has 7 heteroatoms. The second-order valence-corrected chi connectivity index (χ2v) is 4.62. The number of aliphatic imine (C=N–C) groups is 1. The Hall–Kier alpha value is -1.92. The smallest absolute Gasteiger partial charge is 0.416 e. The predicted molar refractivity (Wildman–Crippen MR) is 67.5 cm³/mol. The summed E-state index contributed by atoms with van der Waals surface area (Å²) in [7, 11) is 0. The summed E-state index contributed by atoms with van der Waals surface area (Å²) in [6, 6.07) is 4.70. The van der Waals surface area contributed by atoms with E-state index in [2.05, 4.69) is 4.99 Å². The van der Waals surface area contributed by atoms with Gasteiger partial charge in [0.1, 0.15) is 12.4 Å². The summed E-state index contributed by atoms with van der Waals surface area (Å²) >= 11 is 0. The molecular weight excluding hydrogens is 273 g/mol. The fraction of sp³-hybridized carbons (Fsp3) is 0.462. The maximum Gasteiger partial charge on any atom is 0.416 e. The average Bonchev–Trinajstić information content (AvgIpc) is 2.74. The molecule has 2 atom stereocenters. The first-order valence-corrected chi connectivity index (χ1v) is 6.14. The fourth-order valence-corrected chi connectivity index (χ4v) is 1.94. The van der Waals surface area contributed by atoms with Crippen molar-refractivity contribution in [3.05, 3.63) is 29.8 Å². The largest absolute Gasteiger partial charge is 0.491 e. The molecule has 0 aliphatic carbocycles. The number of amidine groups is 1. The molecule has 0 fully saturated rings. The molecule has 0 saturated carbocycles. The Morgan fingerprint density at radius 2 is 2.05 bits per heavy atom. The topological polar surface area (TPSA) is 56.8 Å². The highest BCUT2D eigenvalue weighted by molar-refractivity contribution is 5.73. The molecule has 0 saturated heterocycles. The molecule has 4 nitrogen and oxygen atoms in total. The lowest BCUT2D eigenvalue weighted by Crippen LogP contribution is -2.20. The second-order valence-electron chi connectivity index (χ2n) is 4.62. The minimum absolute atomic E-state index is 0.0700. The van der Waals surface area contributed by atoms with E-state index in [1.165, 1.54) is 12.1 Å². The van der Waals surface area contributed by atoms with Crippen LogP contribution in [0.15, 0.2) is 29.3 Å².